The van der Waals surface area contributed by atoms with Crippen molar-refractivity contribution in [1.29, 1.82) is 0 Å². The lowest BCUT2D eigenvalue weighted by Gasteiger charge is -2.09. The van der Waals surface area contributed by atoms with E-state index in [2.05, 4.69) is 29.8 Å². The van der Waals surface area contributed by atoms with Gasteiger partial charge in [0.2, 0.25) is 0 Å². The van der Waals surface area contributed by atoms with Crippen molar-refractivity contribution in [3.8, 4) is 5.75 Å². The molecule has 0 aromatic heterocycles. The number of ether oxygens (including phenoxy) is 1. The summed E-state index contributed by atoms with van der Waals surface area (Å²) in [5.41, 5.74) is 0. The molecular formula is C12H17BrOS. The maximum atomic E-state index is 5.61. The third kappa shape index (κ3) is 5.47. The Bertz CT molecular complexity index is 273. The third-order valence-corrected chi connectivity index (χ3v) is 3.98. The van der Waals surface area contributed by atoms with Crippen LogP contribution in [0.3, 0.4) is 0 Å². The molecule has 0 heterocycles. The highest BCUT2D eigenvalue weighted by Crippen LogP contribution is 2.17. The standard InChI is InChI=1S/C12H17BrOS/c1-3-10(2)15-9-8-14-12-6-4-11(13)5-7-12/h4-7,10H,3,8-9H2,1-2H3. The zero-order valence-electron chi connectivity index (χ0n) is 9.20. The second-order valence-corrected chi connectivity index (χ2v) is 5.85. The molecule has 3 heteroatoms. The van der Waals surface area contributed by atoms with Crippen LogP contribution in [0.1, 0.15) is 20.3 Å². The van der Waals surface area contributed by atoms with Gasteiger partial charge in [-0.05, 0) is 30.7 Å². The van der Waals surface area contributed by atoms with Crippen LogP contribution in [0.5, 0.6) is 5.75 Å². The van der Waals surface area contributed by atoms with Crippen molar-refractivity contribution in [2.75, 3.05) is 12.4 Å². The first kappa shape index (κ1) is 12.9. The Balaban J connectivity index is 2.17. The van der Waals surface area contributed by atoms with Crippen LogP contribution in [-0.4, -0.2) is 17.6 Å². The molecule has 1 aromatic carbocycles. The van der Waals surface area contributed by atoms with E-state index in [1.165, 1.54) is 6.42 Å². The van der Waals surface area contributed by atoms with Crippen LogP contribution in [-0.2, 0) is 0 Å². The zero-order valence-corrected chi connectivity index (χ0v) is 11.6. The molecule has 0 aliphatic carbocycles. The summed E-state index contributed by atoms with van der Waals surface area (Å²) in [7, 11) is 0. The maximum absolute atomic E-state index is 5.61. The molecular weight excluding hydrogens is 272 g/mol. The van der Waals surface area contributed by atoms with E-state index >= 15 is 0 Å². The molecule has 0 amide bonds. The van der Waals surface area contributed by atoms with Gasteiger partial charge in [0.15, 0.2) is 0 Å². The number of halogens is 1. The van der Waals surface area contributed by atoms with E-state index in [0.717, 1.165) is 27.8 Å². The van der Waals surface area contributed by atoms with Crippen molar-refractivity contribution >= 4 is 27.7 Å². The summed E-state index contributed by atoms with van der Waals surface area (Å²) in [5.74, 6) is 2.01. The van der Waals surface area contributed by atoms with E-state index in [1.54, 1.807) is 0 Å². The fourth-order valence-corrected chi connectivity index (χ4v) is 2.14. The minimum absolute atomic E-state index is 0.735. The lowest BCUT2D eigenvalue weighted by molar-refractivity contribution is 0.344. The molecule has 0 aliphatic rings. The Morgan fingerprint density at radius 1 is 1.33 bits per heavy atom. The summed E-state index contributed by atoms with van der Waals surface area (Å²) in [4.78, 5) is 0. The molecule has 1 rings (SSSR count). The monoisotopic (exact) mass is 288 g/mol. The van der Waals surface area contributed by atoms with Crippen LogP contribution in [0.4, 0.5) is 0 Å². The van der Waals surface area contributed by atoms with Gasteiger partial charge in [-0.1, -0.05) is 29.8 Å². The van der Waals surface area contributed by atoms with Crippen LogP contribution in [0.25, 0.3) is 0 Å². The average Bonchev–Trinajstić information content (AvgIpc) is 2.26. The summed E-state index contributed by atoms with van der Waals surface area (Å²) in [6.45, 7) is 5.26. The van der Waals surface area contributed by atoms with E-state index in [0.29, 0.717) is 0 Å². The van der Waals surface area contributed by atoms with Gasteiger partial charge in [-0.3, -0.25) is 0 Å². The molecule has 0 aliphatic heterocycles. The van der Waals surface area contributed by atoms with Gasteiger partial charge in [-0.25, -0.2) is 0 Å². The fourth-order valence-electron chi connectivity index (χ4n) is 1.06. The molecule has 0 saturated heterocycles. The van der Waals surface area contributed by atoms with Crippen molar-refractivity contribution < 1.29 is 4.74 Å². The third-order valence-electron chi connectivity index (χ3n) is 2.14. The number of benzene rings is 1. The molecule has 0 fully saturated rings. The van der Waals surface area contributed by atoms with E-state index in [-0.39, 0.29) is 0 Å². The normalized spacial score (nSPS) is 12.5. The first-order valence-corrected chi connectivity index (χ1v) is 7.06. The average molecular weight is 289 g/mol. The van der Waals surface area contributed by atoms with E-state index in [4.69, 9.17) is 4.74 Å². The molecule has 84 valence electrons. The van der Waals surface area contributed by atoms with Crippen LogP contribution in [0.2, 0.25) is 0 Å². The molecule has 1 aromatic rings. The van der Waals surface area contributed by atoms with Crippen LogP contribution >= 0.6 is 27.7 Å². The molecule has 15 heavy (non-hydrogen) atoms. The first-order chi connectivity index (χ1) is 7.22. The number of rotatable bonds is 6. The van der Waals surface area contributed by atoms with Gasteiger partial charge in [0, 0.05) is 15.5 Å². The molecule has 0 N–H and O–H groups in total. The number of thioether (sulfide) groups is 1. The quantitative estimate of drug-likeness (QED) is 0.720. The van der Waals surface area contributed by atoms with Crippen LogP contribution in [0, 0.1) is 0 Å². The minimum atomic E-state index is 0.735. The fraction of sp³-hybridized carbons (Fsp3) is 0.500. The Morgan fingerprint density at radius 2 is 2.00 bits per heavy atom. The maximum Gasteiger partial charge on any atom is 0.119 e. The van der Waals surface area contributed by atoms with Gasteiger partial charge in [-0.15, -0.1) is 0 Å². The van der Waals surface area contributed by atoms with Crippen LogP contribution < -0.4 is 4.74 Å². The van der Waals surface area contributed by atoms with Gasteiger partial charge < -0.3 is 4.74 Å². The van der Waals surface area contributed by atoms with E-state index in [1.807, 2.05) is 36.0 Å². The summed E-state index contributed by atoms with van der Waals surface area (Å²) >= 11 is 5.36. The highest BCUT2D eigenvalue weighted by Gasteiger charge is 1.99. The van der Waals surface area contributed by atoms with Crippen molar-refractivity contribution in [2.24, 2.45) is 0 Å². The lowest BCUT2D eigenvalue weighted by Crippen LogP contribution is -2.03. The topological polar surface area (TPSA) is 9.23 Å². The highest BCUT2D eigenvalue weighted by molar-refractivity contribution is 9.10. The minimum Gasteiger partial charge on any atom is -0.493 e. The van der Waals surface area contributed by atoms with Gasteiger partial charge >= 0.3 is 0 Å². The summed E-state index contributed by atoms with van der Waals surface area (Å²) in [5, 5.41) is 0.735. The van der Waals surface area contributed by atoms with Gasteiger partial charge in [0.1, 0.15) is 5.75 Å². The van der Waals surface area contributed by atoms with Gasteiger partial charge in [0.05, 0.1) is 6.61 Å². The second-order valence-electron chi connectivity index (χ2n) is 3.39. The number of hydrogen-bond donors (Lipinski definition) is 0. The Hall–Kier alpha value is -0.150. The van der Waals surface area contributed by atoms with Gasteiger partial charge in [-0.2, -0.15) is 11.8 Å². The molecule has 1 atom stereocenters. The summed E-state index contributed by atoms with van der Waals surface area (Å²) < 4.78 is 6.70. The molecule has 0 bridgehead atoms. The molecule has 0 spiro atoms. The van der Waals surface area contributed by atoms with Crippen molar-refractivity contribution in [3.05, 3.63) is 28.7 Å². The predicted molar refractivity (Wildman–Crippen MR) is 71.8 cm³/mol. The summed E-state index contributed by atoms with van der Waals surface area (Å²) in [6, 6.07) is 7.96. The zero-order chi connectivity index (χ0) is 11.1. The molecule has 1 unspecified atom stereocenters. The molecule has 0 saturated carbocycles. The van der Waals surface area contributed by atoms with Crippen molar-refractivity contribution in [3.63, 3.8) is 0 Å². The Morgan fingerprint density at radius 3 is 2.60 bits per heavy atom. The first-order valence-electron chi connectivity index (χ1n) is 5.22. The largest absolute Gasteiger partial charge is 0.493 e. The lowest BCUT2D eigenvalue weighted by atomic mass is 10.3. The Labute approximate surface area is 105 Å². The van der Waals surface area contributed by atoms with E-state index < -0.39 is 0 Å². The Kier molecular flexibility index (Phi) is 6.18. The molecule has 1 nitrogen and oxygen atoms in total. The highest BCUT2D eigenvalue weighted by atomic mass is 79.9. The van der Waals surface area contributed by atoms with Crippen molar-refractivity contribution in [1.82, 2.24) is 0 Å². The number of hydrogen-bond acceptors (Lipinski definition) is 2. The van der Waals surface area contributed by atoms with Crippen molar-refractivity contribution in [2.45, 2.75) is 25.5 Å². The predicted octanol–water partition coefficient (Wildman–Crippen LogP) is 4.36. The smallest absolute Gasteiger partial charge is 0.119 e. The van der Waals surface area contributed by atoms with Gasteiger partial charge in [0.25, 0.3) is 0 Å². The second kappa shape index (κ2) is 7.18. The SMILES string of the molecule is CCC(C)SCCOc1ccc(Br)cc1. The van der Waals surface area contributed by atoms with E-state index in [9.17, 15) is 0 Å². The van der Waals surface area contributed by atoms with Crippen LogP contribution in [0.15, 0.2) is 28.7 Å². The summed E-state index contributed by atoms with van der Waals surface area (Å²) in [6.07, 6.45) is 1.23. The molecule has 0 radical (unpaired) electrons.